The van der Waals surface area contributed by atoms with Crippen molar-refractivity contribution in [2.45, 2.75) is 19.4 Å². The predicted molar refractivity (Wildman–Crippen MR) is 119 cm³/mol. The van der Waals surface area contributed by atoms with Gasteiger partial charge in [0, 0.05) is 38.4 Å². The van der Waals surface area contributed by atoms with Gasteiger partial charge in [0.1, 0.15) is 5.76 Å². The van der Waals surface area contributed by atoms with E-state index in [2.05, 4.69) is 33.3 Å². The molecule has 0 atom stereocenters. The lowest BCUT2D eigenvalue weighted by Crippen LogP contribution is -2.35. The van der Waals surface area contributed by atoms with Crippen molar-refractivity contribution in [3.05, 3.63) is 65.0 Å². The Balaban J connectivity index is 1.38. The third-order valence-electron chi connectivity index (χ3n) is 4.96. The normalized spacial score (nSPS) is 15.3. The molecule has 0 unspecified atom stereocenters. The summed E-state index contributed by atoms with van der Waals surface area (Å²) in [5.74, 6) is 1.48. The number of benzene rings is 1. The van der Waals surface area contributed by atoms with Crippen molar-refractivity contribution in [3.63, 3.8) is 0 Å². The monoisotopic (exact) mass is 428 g/mol. The third kappa shape index (κ3) is 6.78. The average Bonchev–Trinajstić information content (AvgIpc) is 3.11. The molecule has 0 spiro atoms. The molecule has 2 aromatic rings. The molecule has 3 rings (SSSR count). The lowest BCUT2D eigenvalue weighted by Gasteiger charge is -2.21. The van der Waals surface area contributed by atoms with Gasteiger partial charge in [0.25, 0.3) is 0 Å². The largest absolute Gasteiger partial charge is 0.463 e. The maximum absolute atomic E-state index is 12.6. The topological polar surface area (TPSA) is 63.0 Å². The predicted octanol–water partition coefficient (Wildman–Crippen LogP) is 3.89. The Morgan fingerprint density at radius 2 is 1.93 bits per heavy atom. The number of thioether (sulfide) groups is 1. The number of ether oxygens (including phenoxy) is 1. The fourth-order valence-corrected chi connectivity index (χ4v) is 4.02. The molecule has 0 N–H and O–H groups in total. The van der Waals surface area contributed by atoms with Gasteiger partial charge in [-0.05, 0) is 35.6 Å². The van der Waals surface area contributed by atoms with E-state index in [1.807, 2.05) is 23.1 Å². The van der Waals surface area contributed by atoms with E-state index in [9.17, 15) is 9.59 Å². The molecule has 1 aromatic heterocycles. The van der Waals surface area contributed by atoms with Gasteiger partial charge in [-0.15, -0.1) is 11.8 Å². The highest BCUT2D eigenvalue weighted by Crippen LogP contribution is 2.15. The molecule has 1 saturated heterocycles. The van der Waals surface area contributed by atoms with Crippen LogP contribution in [-0.2, 0) is 16.1 Å². The second-order valence-corrected chi connectivity index (χ2v) is 8.12. The number of hydrogen-bond donors (Lipinski definition) is 0. The summed E-state index contributed by atoms with van der Waals surface area (Å²) in [4.78, 5) is 28.3. The molecule has 1 aliphatic heterocycles. The summed E-state index contributed by atoms with van der Waals surface area (Å²) in [5, 5.41) is 2.05. The van der Waals surface area contributed by atoms with Gasteiger partial charge in [-0.2, -0.15) is 0 Å². The smallest absolute Gasteiger partial charge is 0.373 e. The molecule has 0 bridgehead atoms. The average molecular weight is 429 g/mol. The van der Waals surface area contributed by atoms with Gasteiger partial charge in [0.05, 0.1) is 13.7 Å². The summed E-state index contributed by atoms with van der Waals surface area (Å²) in [6, 6.07) is 13.6. The fraction of sp³-hybridized carbons (Fsp3) is 0.391. The Labute approximate surface area is 181 Å². The molecule has 0 aliphatic carbocycles. The molecule has 0 radical (unpaired) electrons. The van der Waals surface area contributed by atoms with Crippen molar-refractivity contribution in [2.24, 2.45) is 0 Å². The number of methoxy groups -OCH3 is 1. The van der Waals surface area contributed by atoms with Crippen LogP contribution < -0.4 is 0 Å². The van der Waals surface area contributed by atoms with E-state index >= 15 is 0 Å². The zero-order valence-electron chi connectivity index (χ0n) is 17.3. The molecule has 1 fully saturated rings. The third-order valence-corrected chi connectivity index (χ3v) is 5.73. The molecule has 1 aliphatic rings. The summed E-state index contributed by atoms with van der Waals surface area (Å²) in [5.41, 5.74) is 1.17. The highest BCUT2D eigenvalue weighted by atomic mass is 32.2. The van der Waals surface area contributed by atoms with E-state index in [0.29, 0.717) is 19.5 Å². The number of carbonyl (C=O) groups excluding carboxylic acids is 2. The quantitative estimate of drug-likeness (QED) is 0.469. The van der Waals surface area contributed by atoms with Crippen molar-refractivity contribution >= 4 is 29.7 Å². The number of furan rings is 1. The number of rotatable bonds is 8. The molecule has 30 heavy (non-hydrogen) atoms. The standard InChI is InChI=1S/C23H28N2O4S/c1-28-23(27)21-9-8-20(29-21)18-24-12-5-13-25(15-14-24)22(26)11-17-30-16-10-19-6-3-2-4-7-19/h2-4,6-10,16H,5,11-15,17-18H2,1H3. The summed E-state index contributed by atoms with van der Waals surface area (Å²) < 4.78 is 10.2. The van der Waals surface area contributed by atoms with Crippen molar-refractivity contribution in [3.8, 4) is 0 Å². The lowest BCUT2D eigenvalue weighted by atomic mass is 10.2. The maximum atomic E-state index is 12.6. The number of esters is 1. The minimum Gasteiger partial charge on any atom is -0.463 e. The maximum Gasteiger partial charge on any atom is 0.373 e. The van der Waals surface area contributed by atoms with Crippen LogP contribution in [-0.4, -0.2) is 60.7 Å². The number of carbonyl (C=O) groups is 2. The van der Waals surface area contributed by atoms with Crippen LogP contribution in [0.1, 0.15) is 34.7 Å². The van der Waals surface area contributed by atoms with Gasteiger partial charge < -0.3 is 14.1 Å². The highest BCUT2D eigenvalue weighted by Gasteiger charge is 2.20. The zero-order valence-corrected chi connectivity index (χ0v) is 18.1. The van der Waals surface area contributed by atoms with Crippen LogP contribution >= 0.6 is 11.8 Å². The summed E-state index contributed by atoms with van der Waals surface area (Å²) >= 11 is 1.67. The van der Waals surface area contributed by atoms with Crippen molar-refractivity contribution < 1.29 is 18.7 Å². The summed E-state index contributed by atoms with van der Waals surface area (Å²) in [7, 11) is 1.34. The van der Waals surface area contributed by atoms with Crippen molar-refractivity contribution in [1.82, 2.24) is 9.80 Å². The van der Waals surface area contributed by atoms with Gasteiger partial charge in [-0.1, -0.05) is 30.3 Å². The Morgan fingerprint density at radius 3 is 2.73 bits per heavy atom. The molecule has 1 amide bonds. The highest BCUT2D eigenvalue weighted by molar-refractivity contribution is 8.02. The second kappa shape index (κ2) is 11.6. The molecule has 160 valence electrons. The van der Waals surface area contributed by atoms with Crippen LogP contribution in [0.15, 0.2) is 52.3 Å². The van der Waals surface area contributed by atoms with E-state index in [0.717, 1.165) is 37.6 Å². The van der Waals surface area contributed by atoms with Gasteiger partial charge in [0.2, 0.25) is 11.7 Å². The van der Waals surface area contributed by atoms with E-state index in [1.54, 1.807) is 23.9 Å². The van der Waals surface area contributed by atoms with Crippen molar-refractivity contribution in [2.75, 3.05) is 39.0 Å². The van der Waals surface area contributed by atoms with Crippen LogP contribution in [0, 0.1) is 0 Å². The van der Waals surface area contributed by atoms with E-state index in [1.165, 1.54) is 12.7 Å². The Bertz CT molecular complexity index is 850. The van der Waals surface area contributed by atoms with Gasteiger partial charge in [-0.25, -0.2) is 4.79 Å². The van der Waals surface area contributed by atoms with E-state index in [-0.39, 0.29) is 11.7 Å². The zero-order chi connectivity index (χ0) is 21.2. The second-order valence-electron chi connectivity index (χ2n) is 7.10. The first-order valence-corrected chi connectivity index (χ1v) is 11.2. The number of nitrogens with zero attached hydrogens (tertiary/aromatic N) is 2. The molecule has 1 aromatic carbocycles. The summed E-state index contributed by atoms with van der Waals surface area (Å²) in [6.07, 6.45) is 3.54. The Hall–Kier alpha value is -2.51. The van der Waals surface area contributed by atoms with Crippen LogP contribution in [0.3, 0.4) is 0 Å². The minimum absolute atomic E-state index is 0.212. The van der Waals surface area contributed by atoms with Crippen LogP contribution in [0.4, 0.5) is 0 Å². The Kier molecular flexibility index (Phi) is 8.59. The van der Waals surface area contributed by atoms with Crippen LogP contribution in [0.25, 0.3) is 6.08 Å². The van der Waals surface area contributed by atoms with Crippen LogP contribution in [0.2, 0.25) is 0 Å². The first-order chi connectivity index (χ1) is 14.7. The van der Waals surface area contributed by atoms with Gasteiger partial charge in [0.15, 0.2) is 0 Å². The Morgan fingerprint density at radius 1 is 1.10 bits per heavy atom. The minimum atomic E-state index is -0.467. The molecular formula is C23H28N2O4S. The van der Waals surface area contributed by atoms with E-state index < -0.39 is 5.97 Å². The van der Waals surface area contributed by atoms with Gasteiger partial charge in [-0.3, -0.25) is 9.69 Å². The molecular weight excluding hydrogens is 400 g/mol. The molecule has 6 nitrogen and oxygen atoms in total. The molecule has 0 saturated carbocycles. The van der Waals surface area contributed by atoms with Gasteiger partial charge >= 0.3 is 5.97 Å². The van der Waals surface area contributed by atoms with Crippen LogP contribution in [0.5, 0.6) is 0 Å². The SMILES string of the molecule is COC(=O)c1ccc(CN2CCCN(C(=O)CCSC=Cc3ccccc3)CC2)o1. The fourth-order valence-electron chi connectivity index (χ4n) is 3.34. The first kappa shape index (κ1) is 22.2. The van der Waals surface area contributed by atoms with Crippen molar-refractivity contribution in [1.29, 1.82) is 0 Å². The number of amides is 1. The molecule has 2 heterocycles. The van der Waals surface area contributed by atoms with E-state index in [4.69, 9.17) is 4.42 Å². The first-order valence-electron chi connectivity index (χ1n) is 10.2. The summed E-state index contributed by atoms with van der Waals surface area (Å²) in [6.45, 7) is 3.81. The number of hydrogen-bond acceptors (Lipinski definition) is 6. The molecule has 7 heteroatoms. The lowest BCUT2D eigenvalue weighted by molar-refractivity contribution is -0.130.